The quantitative estimate of drug-likeness (QED) is 0.668. The SMILES string of the molecule is CC(C)c1ccc(OC(=O)N2CCC[C@H](c3cccc(OC(C)(C)C(=O)O)c3)C2)cc1. The molecule has 1 saturated heterocycles. The number of carboxylic acid groups (broad SMARTS) is 1. The lowest BCUT2D eigenvalue weighted by molar-refractivity contribution is -0.152. The lowest BCUT2D eigenvalue weighted by Crippen LogP contribution is -2.40. The van der Waals surface area contributed by atoms with E-state index in [1.54, 1.807) is 11.0 Å². The number of rotatable bonds is 6. The molecule has 0 spiro atoms. The smallest absolute Gasteiger partial charge is 0.415 e. The summed E-state index contributed by atoms with van der Waals surface area (Å²) in [5, 5.41) is 9.30. The second-order valence-electron chi connectivity index (χ2n) is 8.87. The molecule has 6 nitrogen and oxygen atoms in total. The number of ether oxygens (including phenoxy) is 2. The van der Waals surface area contributed by atoms with Crippen molar-refractivity contribution in [1.29, 1.82) is 0 Å². The van der Waals surface area contributed by atoms with E-state index in [2.05, 4.69) is 13.8 Å². The molecule has 0 unspecified atom stereocenters. The number of carboxylic acids is 1. The van der Waals surface area contributed by atoms with E-state index in [9.17, 15) is 14.7 Å². The molecule has 166 valence electrons. The van der Waals surface area contributed by atoms with Gasteiger partial charge in [0.2, 0.25) is 0 Å². The Morgan fingerprint density at radius 3 is 2.45 bits per heavy atom. The van der Waals surface area contributed by atoms with Crippen molar-refractivity contribution in [2.24, 2.45) is 0 Å². The van der Waals surface area contributed by atoms with Crippen molar-refractivity contribution >= 4 is 12.1 Å². The number of likely N-dealkylation sites (tertiary alicyclic amines) is 1. The van der Waals surface area contributed by atoms with Crippen molar-refractivity contribution in [1.82, 2.24) is 4.90 Å². The molecule has 0 bridgehead atoms. The Labute approximate surface area is 183 Å². The number of piperidine rings is 1. The maximum Gasteiger partial charge on any atom is 0.415 e. The van der Waals surface area contributed by atoms with Gasteiger partial charge in [0, 0.05) is 19.0 Å². The number of carbonyl (C=O) groups is 2. The number of aliphatic carboxylic acids is 1. The van der Waals surface area contributed by atoms with E-state index in [0.29, 0.717) is 30.5 Å². The molecule has 0 aromatic heterocycles. The summed E-state index contributed by atoms with van der Waals surface area (Å²) in [5.74, 6) is 0.595. The van der Waals surface area contributed by atoms with E-state index >= 15 is 0 Å². The summed E-state index contributed by atoms with van der Waals surface area (Å²) in [7, 11) is 0. The predicted molar refractivity (Wildman–Crippen MR) is 119 cm³/mol. The molecule has 0 saturated carbocycles. The normalized spacial score (nSPS) is 16.8. The number of nitrogens with zero attached hydrogens (tertiary/aromatic N) is 1. The molecule has 0 radical (unpaired) electrons. The molecular formula is C25H31NO5. The second kappa shape index (κ2) is 9.41. The molecule has 6 heteroatoms. The Kier molecular flexibility index (Phi) is 6.88. The monoisotopic (exact) mass is 425 g/mol. The molecule has 31 heavy (non-hydrogen) atoms. The van der Waals surface area contributed by atoms with E-state index in [4.69, 9.17) is 9.47 Å². The molecule has 2 aromatic carbocycles. The summed E-state index contributed by atoms with van der Waals surface area (Å²) in [6.45, 7) is 8.49. The molecule has 1 aliphatic rings. The third kappa shape index (κ3) is 5.78. The lowest BCUT2D eigenvalue weighted by atomic mass is 9.90. The summed E-state index contributed by atoms with van der Waals surface area (Å²) in [4.78, 5) is 25.8. The molecular weight excluding hydrogens is 394 g/mol. The van der Waals surface area contributed by atoms with Gasteiger partial charge in [0.1, 0.15) is 11.5 Å². The zero-order chi connectivity index (χ0) is 22.6. The van der Waals surface area contributed by atoms with Crippen molar-refractivity contribution < 1.29 is 24.2 Å². The van der Waals surface area contributed by atoms with Gasteiger partial charge in [0.25, 0.3) is 0 Å². The molecule has 1 heterocycles. The first-order valence-corrected chi connectivity index (χ1v) is 10.7. The maximum absolute atomic E-state index is 12.7. The molecule has 1 fully saturated rings. The highest BCUT2D eigenvalue weighted by Crippen LogP contribution is 2.31. The molecule has 1 N–H and O–H groups in total. The van der Waals surface area contributed by atoms with Gasteiger partial charge in [-0.3, -0.25) is 0 Å². The van der Waals surface area contributed by atoms with Crippen LogP contribution in [0.25, 0.3) is 0 Å². The van der Waals surface area contributed by atoms with Gasteiger partial charge in [-0.15, -0.1) is 0 Å². The Balaban J connectivity index is 1.65. The van der Waals surface area contributed by atoms with Crippen LogP contribution in [0.5, 0.6) is 11.5 Å². The minimum absolute atomic E-state index is 0.140. The highest BCUT2D eigenvalue weighted by atomic mass is 16.6. The van der Waals surface area contributed by atoms with Crippen LogP contribution >= 0.6 is 0 Å². The van der Waals surface area contributed by atoms with Crippen LogP contribution < -0.4 is 9.47 Å². The van der Waals surface area contributed by atoms with Crippen molar-refractivity contribution in [2.45, 2.75) is 58.0 Å². The summed E-state index contributed by atoms with van der Waals surface area (Å²) >= 11 is 0. The predicted octanol–water partition coefficient (Wildman–Crippen LogP) is 5.43. The summed E-state index contributed by atoms with van der Waals surface area (Å²) in [6, 6.07) is 15.1. The first-order valence-electron chi connectivity index (χ1n) is 10.7. The van der Waals surface area contributed by atoms with Gasteiger partial charge >= 0.3 is 12.1 Å². The third-order valence-corrected chi connectivity index (χ3v) is 5.65. The fourth-order valence-electron chi connectivity index (χ4n) is 3.67. The molecule has 0 aliphatic carbocycles. The van der Waals surface area contributed by atoms with Gasteiger partial charge in [-0.05, 0) is 68.0 Å². The number of hydrogen-bond acceptors (Lipinski definition) is 4. The highest BCUT2D eigenvalue weighted by molar-refractivity contribution is 5.76. The number of hydrogen-bond donors (Lipinski definition) is 1. The van der Waals surface area contributed by atoms with Crippen molar-refractivity contribution in [3.8, 4) is 11.5 Å². The number of carbonyl (C=O) groups excluding carboxylic acids is 1. The van der Waals surface area contributed by atoms with E-state index in [1.165, 1.54) is 19.4 Å². The topological polar surface area (TPSA) is 76.1 Å². The first kappa shape index (κ1) is 22.7. The molecule has 1 atom stereocenters. The Bertz CT molecular complexity index is 920. The van der Waals surface area contributed by atoms with Crippen LogP contribution in [0.4, 0.5) is 4.79 Å². The molecule has 3 rings (SSSR count). The zero-order valence-corrected chi connectivity index (χ0v) is 18.6. The second-order valence-corrected chi connectivity index (χ2v) is 8.87. The van der Waals surface area contributed by atoms with Gasteiger partial charge in [0.05, 0.1) is 0 Å². The molecule has 2 aromatic rings. The van der Waals surface area contributed by atoms with Crippen LogP contribution in [0.2, 0.25) is 0 Å². The largest absolute Gasteiger partial charge is 0.478 e. The van der Waals surface area contributed by atoms with Crippen molar-refractivity contribution in [3.63, 3.8) is 0 Å². The highest BCUT2D eigenvalue weighted by Gasteiger charge is 2.30. The molecule has 1 aliphatic heterocycles. The van der Waals surface area contributed by atoms with Crippen LogP contribution in [0.3, 0.4) is 0 Å². The average molecular weight is 426 g/mol. The van der Waals surface area contributed by atoms with Crippen molar-refractivity contribution in [2.75, 3.05) is 13.1 Å². The van der Waals surface area contributed by atoms with Crippen molar-refractivity contribution in [3.05, 3.63) is 59.7 Å². The first-order chi connectivity index (χ1) is 14.7. The van der Waals surface area contributed by atoms with Crippen LogP contribution in [-0.2, 0) is 4.79 Å². The lowest BCUT2D eigenvalue weighted by Gasteiger charge is -2.32. The average Bonchev–Trinajstić information content (AvgIpc) is 2.74. The third-order valence-electron chi connectivity index (χ3n) is 5.65. The number of benzene rings is 2. The minimum atomic E-state index is -1.31. The maximum atomic E-state index is 12.7. The Morgan fingerprint density at radius 2 is 1.81 bits per heavy atom. The minimum Gasteiger partial charge on any atom is -0.478 e. The van der Waals surface area contributed by atoms with E-state index in [0.717, 1.165) is 18.4 Å². The van der Waals surface area contributed by atoms with Crippen LogP contribution in [-0.4, -0.2) is 40.8 Å². The Morgan fingerprint density at radius 1 is 1.10 bits per heavy atom. The molecule has 1 amide bonds. The van der Waals surface area contributed by atoms with Gasteiger partial charge in [-0.25, -0.2) is 9.59 Å². The van der Waals surface area contributed by atoms with Crippen LogP contribution in [0.15, 0.2) is 48.5 Å². The fraction of sp³-hybridized carbons (Fsp3) is 0.440. The van der Waals surface area contributed by atoms with Gasteiger partial charge in [-0.2, -0.15) is 0 Å². The van der Waals surface area contributed by atoms with E-state index in [1.807, 2.05) is 42.5 Å². The number of amides is 1. The Hall–Kier alpha value is -3.02. The summed E-state index contributed by atoms with van der Waals surface area (Å²) in [6.07, 6.45) is 1.47. The van der Waals surface area contributed by atoms with Gasteiger partial charge < -0.3 is 19.5 Å². The van der Waals surface area contributed by atoms with Crippen LogP contribution in [0, 0.1) is 0 Å². The fourth-order valence-corrected chi connectivity index (χ4v) is 3.67. The van der Waals surface area contributed by atoms with E-state index in [-0.39, 0.29) is 12.0 Å². The summed E-state index contributed by atoms with van der Waals surface area (Å²) < 4.78 is 11.3. The van der Waals surface area contributed by atoms with Gasteiger partial charge in [0.15, 0.2) is 5.60 Å². The standard InChI is InChI=1S/C25H31NO5/c1-17(2)18-10-12-21(13-11-18)30-24(29)26-14-6-8-20(16-26)19-7-5-9-22(15-19)31-25(3,4)23(27)28/h5,7,9-13,15,17,20H,6,8,14,16H2,1-4H3,(H,27,28)/t20-/m0/s1. The summed E-state index contributed by atoms with van der Waals surface area (Å²) in [5.41, 5.74) is 0.912. The zero-order valence-electron chi connectivity index (χ0n) is 18.6. The van der Waals surface area contributed by atoms with Gasteiger partial charge in [-0.1, -0.05) is 38.1 Å². The van der Waals surface area contributed by atoms with Crippen LogP contribution in [0.1, 0.15) is 63.5 Å². The van der Waals surface area contributed by atoms with E-state index < -0.39 is 11.6 Å².